The summed E-state index contributed by atoms with van der Waals surface area (Å²) in [7, 11) is 0. The Balaban J connectivity index is 1.58. The number of carbonyl (C=O) groups is 2. The maximum atomic E-state index is 12.5. The molecule has 1 atom stereocenters. The number of nitrogens with zero attached hydrogens (tertiary/aromatic N) is 1. The average Bonchev–Trinajstić information content (AvgIpc) is 2.64. The summed E-state index contributed by atoms with van der Waals surface area (Å²) >= 11 is 0. The van der Waals surface area contributed by atoms with Gasteiger partial charge in [-0.2, -0.15) is 0 Å². The van der Waals surface area contributed by atoms with E-state index in [1.54, 1.807) is 30.0 Å². The zero-order valence-corrected chi connectivity index (χ0v) is 15.1. The third kappa shape index (κ3) is 4.04. The van der Waals surface area contributed by atoms with Crippen LogP contribution in [0.2, 0.25) is 0 Å². The number of hydrogen-bond acceptors (Lipinski definition) is 4. The minimum atomic E-state index is -0.520. The Morgan fingerprint density at radius 1 is 1.19 bits per heavy atom. The second kappa shape index (κ2) is 8.04. The molecule has 1 aliphatic rings. The first-order valence-corrected chi connectivity index (χ1v) is 8.85. The van der Waals surface area contributed by atoms with Gasteiger partial charge in [-0.25, -0.2) is 0 Å². The summed E-state index contributed by atoms with van der Waals surface area (Å²) in [5, 5.41) is 0. The lowest BCUT2D eigenvalue weighted by Crippen LogP contribution is -2.45. The molecule has 136 valence electrons. The second-order valence-corrected chi connectivity index (χ2v) is 6.47. The zero-order valence-electron chi connectivity index (χ0n) is 15.1. The summed E-state index contributed by atoms with van der Waals surface area (Å²) in [5.74, 6) is 1.42. The lowest BCUT2D eigenvalue weighted by molar-refractivity contribution is -0.125. The Bertz CT molecular complexity index is 802. The molecule has 0 N–H and O–H groups in total. The summed E-state index contributed by atoms with van der Waals surface area (Å²) in [6, 6.07) is 13.1. The van der Waals surface area contributed by atoms with Crippen molar-refractivity contribution >= 4 is 17.9 Å². The zero-order chi connectivity index (χ0) is 18.5. The van der Waals surface area contributed by atoms with Crippen molar-refractivity contribution in [3.05, 3.63) is 53.6 Å². The Hall–Kier alpha value is -2.82. The maximum Gasteiger partial charge on any atom is 0.267 e. The summed E-state index contributed by atoms with van der Waals surface area (Å²) in [5.41, 5.74) is 2.36. The molecule has 1 heterocycles. The molecule has 0 aliphatic carbocycles. The number of unbranched alkanes of at least 4 members (excludes halogenated alkanes) is 1. The van der Waals surface area contributed by atoms with Crippen molar-refractivity contribution in [3.63, 3.8) is 0 Å². The van der Waals surface area contributed by atoms with Gasteiger partial charge in [-0.1, -0.05) is 12.1 Å². The third-order valence-electron chi connectivity index (χ3n) is 4.36. The molecule has 1 aliphatic heterocycles. The van der Waals surface area contributed by atoms with Crippen molar-refractivity contribution in [2.45, 2.75) is 32.8 Å². The quantitative estimate of drug-likeness (QED) is 0.561. The molecule has 26 heavy (non-hydrogen) atoms. The highest BCUT2D eigenvalue weighted by atomic mass is 16.5. The van der Waals surface area contributed by atoms with Gasteiger partial charge >= 0.3 is 0 Å². The average molecular weight is 353 g/mol. The summed E-state index contributed by atoms with van der Waals surface area (Å²) in [6.07, 6.45) is 1.88. The van der Waals surface area contributed by atoms with E-state index >= 15 is 0 Å². The Morgan fingerprint density at radius 2 is 2.04 bits per heavy atom. The number of anilines is 1. The fourth-order valence-electron chi connectivity index (χ4n) is 3.00. The van der Waals surface area contributed by atoms with Crippen molar-refractivity contribution in [2.24, 2.45) is 0 Å². The molecule has 0 aromatic heterocycles. The Morgan fingerprint density at radius 3 is 2.81 bits per heavy atom. The lowest BCUT2D eigenvalue weighted by Gasteiger charge is -2.33. The summed E-state index contributed by atoms with van der Waals surface area (Å²) in [4.78, 5) is 25.2. The van der Waals surface area contributed by atoms with Gasteiger partial charge in [-0.05, 0) is 62.6 Å². The van der Waals surface area contributed by atoms with Gasteiger partial charge in [0, 0.05) is 12.1 Å². The number of rotatable bonds is 7. The monoisotopic (exact) mass is 353 g/mol. The van der Waals surface area contributed by atoms with E-state index in [4.69, 9.17) is 9.47 Å². The lowest BCUT2D eigenvalue weighted by atomic mass is 10.1. The molecule has 0 saturated heterocycles. The number of carbonyl (C=O) groups excluding carboxylic acids is 2. The van der Waals surface area contributed by atoms with Gasteiger partial charge in [0.25, 0.3) is 5.91 Å². The molecule has 0 bridgehead atoms. The van der Waals surface area contributed by atoms with Gasteiger partial charge in [-0.3, -0.25) is 9.59 Å². The van der Waals surface area contributed by atoms with Crippen LogP contribution in [-0.2, 0) is 4.79 Å². The number of benzene rings is 2. The second-order valence-electron chi connectivity index (χ2n) is 6.47. The van der Waals surface area contributed by atoms with E-state index in [9.17, 15) is 9.59 Å². The van der Waals surface area contributed by atoms with Gasteiger partial charge in [0.1, 0.15) is 17.8 Å². The van der Waals surface area contributed by atoms with Crippen molar-refractivity contribution < 1.29 is 19.1 Å². The third-order valence-corrected chi connectivity index (χ3v) is 4.36. The van der Waals surface area contributed by atoms with Crippen molar-refractivity contribution in [2.75, 3.05) is 18.1 Å². The Kier molecular flexibility index (Phi) is 5.56. The first-order chi connectivity index (χ1) is 12.6. The maximum absolute atomic E-state index is 12.5. The highest BCUT2D eigenvalue weighted by molar-refractivity contribution is 6.00. The molecule has 0 saturated carbocycles. The number of aldehydes is 1. The first-order valence-electron chi connectivity index (χ1n) is 8.85. The van der Waals surface area contributed by atoms with E-state index in [1.807, 2.05) is 31.2 Å². The standard InChI is InChI=1S/C21H23NO4/c1-15-6-5-7-18(12-15)25-11-4-3-10-22-19-13-17(14-23)8-9-20(19)26-16(2)21(22)24/h5-9,12-14,16H,3-4,10-11H2,1-2H3. The van der Waals surface area contributed by atoms with Crippen molar-refractivity contribution in [3.8, 4) is 11.5 Å². The van der Waals surface area contributed by atoms with E-state index < -0.39 is 6.10 Å². The molecule has 3 rings (SSSR count). The fourth-order valence-corrected chi connectivity index (χ4v) is 3.00. The van der Waals surface area contributed by atoms with Gasteiger partial charge in [0.2, 0.25) is 0 Å². The number of aryl methyl sites for hydroxylation is 1. The van der Waals surface area contributed by atoms with Gasteiger partial charge in [0.15, 0.2) is 6.10 Å². The summed E-state index contributed by atoms with van der Waals surface area (Å²) < 4.78 is 11.4. The topological polar surface area (TPSA) is 55.8 Å². The number of fused-ring (bicyclic) bond motifs is 1. The van der Waals surface area contributed by atoms with E-state index in [1.165, 1.54) is 0 Å². The molecule has 0 spiro atoms. The van der Waals surface area contributed by atoms with Crippen LogP contribution in [-0.4, -0.2) is 31.4 Å². The highest BCUT2D eigenvalue weighted by Gasteiger charge is 2.31. The molecule has 1 amide bonds. The minimum absolute atomic E-state index is 0.0832. The van der Waals surface area contributed by atoms with E-state index in [2.05, 4.69) is 0 Å². The molecule has 5 nitrogen and oxygen atoms in total. The molecule has 1 unspecified atom stereocenters. The van der Waals surface area contributed by atoms with Crippen LogP contribution in [0.4, 0.5) is 5.69 Å². The number of hydrogen-bond donors (Lipinski definition) is 0. The molecule has 2 aromatic carbocycles. The van der Waals surface area contributed by atoms with E-state index in [0.29, 0.717) is 30.2 Å². The van der Waals surface area contributed by atoms with Crippen molar-refractivity contribution in [1.82, 2.24) is 0 Å². The molecule has 0 radical (unpaired) electrons. The van der Waals surface area contributed by atoms with Gasteiger partial charge in [-0.15, -0.1) is 0 Å². The SMILES string of the molecule is Cc1cccc(OCCCCN2C(=O)C(C)Oc3ccc(C=O)cc32)c1. The molecule has 0 fully saturated rings. The van der Waals surface area contributed by atoms with Gasteiger partial charge < -0.3 is 14.4 Å². The van der Waals surface area contributed by atoms with Crippen LogP contribution in [0, 0.1) is 6.92 Å². The van der Waals surface area contributed by atoms with Gasteiger partial charge in [0.05, 0.1) is 12.3 Å². The number of amides is 1. The molecular formula is C21H23NO4. The predicted molar refractivity (Wildman–Crippen MR) is 100 cm³/mol. The van der Waals surface area contributed by atoms with Crippen LogP contribution in [0.3, 0.4) is 0 Å². The van der Waals surface area contributed by atoms with Crippen LogP contribution in [0.5, 0.6) is 11.5 Å². The van der Waals surface area contributed by atoms with E-state index in [-0.39, 0.29) is 5.91 Å². The van der Waals surface area contributed by atoms with Crippen LogP contribution in [0.1, 0.15) is 35.7 Å². The van der Waals surface area contributed by atoms with Crippen LogP contribution >= 0.6 is 0 Å². The number of ether oxygens (including phenoxy) is 2. The largest absolute Gasteiger partial charge is 0.494 e. The van der Waals surface area contributed by atoms with Crippen molar-refractivity contribution in [1.29, 1.82) is 0 Å². The fraction of sp³-hybridized carbons (Fsp3) is 0.333. The minimum Gasteiger partial charge on any atom is -0.494 e. The first kappa shape index (κ1) is 18.0. The molecule has 5 heteroatoms. The molecular weight excluding hydrogens is 330 g/mol. The Labute approximate surface area is 153 Å². The van der Waals surface area contributed by atoms with Crippen LogP contribution < -0.4 is 14.4 Å². The highest BCUT2D eigenvalue weighted by Crippen LogP contribution is 2.34. The normalized spacial score (nSPS) is 16.0. The molecule has 2 aromatic rings. The van der Waals surface area contributed by atoms with Crippen LogP contribution in [0.25, 0.3) is 0 Å². The smallest absolute Gasteiger partial charge is 0.267 e. The van der Waals surface area contributed by atoms with E-state index in [0.717, 1.165) is 30.4 Å². The van der Waals surface area contributed by atoms with Crippen LogP contribution in [0.15, 0.2) is 42.5 Å². The predicted octanol–water partition coefficient (Wildman–Crippen LogP) is 3.78. The summed E-state index contributed by atoms with van der Waals surface area (Å²) in [6.45, 7) is 4.94.